The molecule has 1 atom stereocenters. The fraction of sp³-hybridized carbons (Fsp3) is 0.529. The van der Waals surface area contributed by atoms with Gasteiger partial charge in [0.1, 0.15) is 11.3 Å². The number of nitrogens with one attached hydrogen (secondary N) is 1. The van der Waals surface area contributed by atoms with Crippen LogP contribution in [0.2, 0.25) is 0 Å². The van der Waals surface area contributed by atoms with Crippen molar-refractivity contribution in [3.05, 3.63) is 11.9 Å². The molecule has 1 unspecified atom stereocenters. The number of ether oxygens (including phenoxy) is 3. The highest BCUT2D eigenvalue weighted by atomic mass is 19.1. The summed E-state index contributed by atoms with van der Waals surface area (Å²) in [6.07, 6.45) is 0. The maximum atomic E-state index is 14.9. The smallest absolute Gasteiger partial charge is 0.228 e. The minimum atomic E-state index is -0.617. The summed E-state index contributed by atoms with van der Waals surface area (Å²) in [5.74, 6) is 0.201. The minimum absolute atomic E-state index is 0.00442. The van der Waals surface area contributed by atoms with Crippen LogP contribution in [0.25, 0.3) is 10.9 Å². The number of methoxy groups -OCH3 is 2. The maximum absolute atomic E-state index is 14.9. The Morgan fingerprint density at radius 2 is 2.15 bits per heavy atom. The predicted molar refractivity (Wildman–Crippen MR) is 97.5 cm³/mol. The molecule has 1 aromatic carbocycles. The molecule has 8 nitrogen and oxygen atoms in total. The van der Waals surface area contributed by atoms with Crippen molar-refractivity contribution in [2.75, 3.05) is 57.7 Å². The van der Waals surface area contributed by atoms with E-state index in [0.29, 0.717) is 31.1 Å². The molecule has 142 valence electrons. The van der Waals surface area contributed by atoms with Crippen molar-refractivity contribution in [1.82, 2.24) is 15.3 Å². The zero-order valence-corrected chi connectivity index (χ0v) is 15.2. The van der Waals surface area contributed by atoms with Crippen molar-refractivity contribution >= 4 is 22.7 Å². The summed E-state index contributed by atoms with van der Waals surface area (Å²) >= 11 is 0. The monoisotopic (exact) mass is 365 g/mol. The van der Waals surface area contributed by atoms with Gasteiger partial charge in [0.2, 0.25) is 5.95 Å². The van der Waals surface area contributed by atoms with E-state index in [2.05, 4.69) is 15.3 Å². The van der Waals surface area contributed by atoms with Crippen molar-refractivity contribution in [2.24, 2.45) is 0 Å². The molecule has 1 aromatic heterocycles. The average molecular weight is 365 g/mol. The first-order valence-corrected chi connectivity index (χ1v) is 8.53. The summed E-state index contributed by atoms with van der Waals surface area (Å²) in [4.78, 5) is 10.8. The van der Waals surface area contributed by atoms with Gasteiger partial charge in [0.05, 0.1) is 26.9 Å². The Kier molecular flexibility index (Phi) is 5.58. The number of nitrogens with zero attached hydrogens (tertiary/aromatic N) is 3. The molecule has 3 rings (SSSR count). The molecule has 1 aliphatic rings. The fourth-order valence-corrected chi connectivity index (χ4v) is 3.09. The van der Waals surface area contributed by atoms with Crippen LogP contribution in [0.1, 0.15) is 6.92 Å². The molecular weight excluding hydrogens is 341 g/mol. The SMILES string of the molecule is CCOCC1CNCCN1c1nc(N)c2cc(OC)c(OC)c(F)c2n1. The van der Waals surface area contributed by atoms with E-state index < -0.39 is 5.82 Å². The van der Waals surface area contributed by atoms with E-state index in [4.69, 9.17) is 19.9 Å². The van der Waals surface area contributed by atoms with Crippen molar-refractivity contribution < 1.29 is 18.6 Å². The number of nitrogen functional groups attached to an aromatic ring is 1. The average Bonchev–Trinajstić information content (AvgIpc) is 2.66. The van der Waals surface area contributed by atoms with Gasteiger partial charge in [-0.15, -0.1) is 0 Å². The zero-order chi connectivity index (χ0) is 18.7. The van der Waals surface area contributed by atoms with Gasteiger partial charge >= 0.3 is 0 Å². The highest BCUT2D eigenvalue weighted by Gasteiger charge is 2.27. The Bertz CT molecular complexity index is 789. The highest BCUT2D eigenvalue weighted by molar-refractivity contribution is 5.92. The van der Waals surface area contributed by atoms with Gasteiger partial charge in [0, 0.05) is 31.6 Å². The summed E-state index contributed by atoms with van der Waals surface area (Å²) in [5, 5.41) is 3.71. The second-order valence-electron chi connectivity index (χ2n) is 5.94. The van der Waals surface area contributed by atoms with E-state index >= 15 is 0 Å². The van der Waals surface area contributed by atoms with Gasteiger partial charge in [0.25, 0.3) is 0 Å². The first kappa shape index (κ1) is 18.4. The Balaban J connectivity index is 2.08. The largest absolute Gasteiger partial charge is 0.493 e. The number of fused-ring (bicyclic) bond motifs is 1. The van der Waals surface area contributed by atoms with Crippen LogP contribution in [0.4, 0.5) is 16.2 Å². The number of anilines is 2. The fourth-order valence-electron chi connectivity index (χ4n) is 3.09. The lowest BCUT2D eigenvalue weighted by Crippen LogP contribution is -2.54. The lowest BCUT2D eigenvalue weighted by Gasteiger charge is -2.36. The van der Waals surface area contributed by atoms with Gasteiger partial charge in [-0.2, -0.15) is 4.98 Å². The Labute approximate surface area is 151 Å². The van der Waals surface area contributed by atoms with Crippen molar-refractivity contribution in [2.45, 2.75) is 13.0 Å². The first-order valence-electron chi connectivity index (χ1n) is 8.53. The summed E-state index contributed by atoms with van der Waals surface area (Å²) in [6, 6.07) is 1.63. The summed E-state index contributed by atoms with van der Waals surface area (Å²) < 4.78 is 30.8. The van der Waals surface area contributed by atoms with Gasteiger partial charge in [0.15, 0.2) is 17.3 Å². The van der Waals surface area contributed by atoms with E-state index in [1.54, 1.807) is 6.07 Å². The molecule has 1 aliphatic heterocycles. The number of rotatable bonds is 6. The lowest BCUT2D eigenvalue weighted by molar-refractivity contribution is 0.126. The Morgan fingerprint density at radius 3 is 2.85 bits per heavy atom. The van der Waals surface area contributed by atoms with E-state index in [9.17, 15) is 4.39 Å². The van der Waals surface area contributed by atoms with E-state index in [1.165, 1.54) is 14.2 Å². The molecule has 3 N–H and O–H groups in total. The molecule has 1 fully saturated rings. The number of hydrogen-bond donors (Lipinski definition) is 2. The van der Waals surface area contributed by atoms with Crippen molar-refractivity contribution in [3.8, 4) is 11.5 Å². The van der Waals surface area contributed by atoms with Gasteiger partial charge in [-0.1, -0.05) is 0 Å². The molecule has 26 heavy (non-hydrogen) atoms. The van der Waals surface area contributed by atoms with E-state index in [1.807, 2.05) is 11.8 Å². The molecule has 0 spiro atoms. The molecule has 0 radical (unpaired) electrons. The minimum Gasteiger partial charge on any atom is -0.493 e. The van der Waals surface area contributed by atoms with Crippen LogP contribution in [0.3, 0.4) is 0 Å². The second-order valence-corrected chi connectivity index (χ2v) is 5.94. The van der Waals surface area contributed by atoms with E-state index in [-0.39, 0.29) is 28.9 Å². The number of piperazine rings is 1. The van der Waals surface area contributed by atoms with Gasteiger partial charge in [-0.25, -0.2) is 9.37 Å². The lowest BCUT2D eigenvalue weighted by atomic mass is 10.2. The van der Waals surface area contributed by atoms with Crippen LogP contribution in [0.5, 0.6) is 11.5 Å². The first-order chi connectivity index (χ1) is 12.6. The Hall–Kier alpha value is -2.39. The number of halogens is 1. The number of hydrogen-bond acceptors (Lipinski definition) is 8. The van der Waals surface area contributed by atoms with Crippen molar-refractivity contribution in [1.29, 1.82) is 0 Å². The topological polar surface area (TPSA) is 94.8 Å². The molecule has 0 saturated carbocycles. The standard InChI is InChI=1S/C17H24FN5O3/c1-4-26-9-10-8-20-5-6-23(10)17-21-14-11(16(19)22-17)7-12(24-2)15(25-3)13(14)18/h7,10,20H,4-6,8-9H2,1-3H3,(H2,19,21,22). The number of benzene rings is 1. The molecule has 0 aliphatic carbocycles. The quantitative estimate of drug-likeness (QED) is 0.788. The van der Waals surface area contributed by atoms with Gasteiger partial charge < -0.3 is 30.2 Å². The molecule has 9 heteroatoms. The van der Waals surface area contributed by atoms with Crippen molar-refractivity contribution in [3.63, 3.8) is 0 Å². The second kappa shape index (κ2) is 7.88. The number of aromatic nitrogens is 2. The molecular formula is C17H24FN5O3. The molecule has 0 amide bonds. The van der Waals surface area contributed by atoms with Crippen LogP contribution in [0, 0.1) is 5.82 Å². The third-order valence-corrected chi connectivity index (χ3v) is 4.42. The predicted octanol–water partition coefficient (Wildman–Crippen LogP) is 1.18. The number of nitrogens with two attached hydrogens (primary N) is 1. The molecule has 1 saturated heterocycles. The van der Waals surface area contributed by atoms with Crippen LogP contribution in [-0.2, 0) is 4.74 Å². The van der Waals surface area contributed by atoms with Gasteiger partial charge in [-0.05, 0) is 13.0 Å². The summed E-state index contributed by atoms with van der Waals surface area (Å²) in [6.45, 7) is 5.28. The Morgan fingerprint density at radius 1 is 1.35 bits per heavy atom. The maximum Gasteiger partial charge on any atom is 0.228 e. The molecule has 2 heterocycles. The van der Waals surface area contributed by atoms with Crippen LogP contribution >= 0.6 is 0 Å². The highest BCUT2D eigenvalue weighted by Crippen LogP contribution is 2.37. The third-order valence-electron chi connectivity index (χ3n) is 4.42. The zero-order valence-electron chi connectivity index (χ0n) is 15.2. The molecule has 2 aromatic rings. The van der Waals surface area contributed by atoms with Gasteiger partial charge in [-0.3, -0.25) is 0 Å². The summed E-state index contributed by atoms with van der Waals surface area (Å²) in [7, 11) is 2.82. The van der Waals surface area contributed by atoms with Crippen LogP contribution < -0.4 is 25.4 Å². The third kappa shape index (κ3) is 3.32. The van der Waals surface area contributed by atoms with Crippen LogP contribution in [-0.4, -0.2) is 63.1 Å². The normalized spacial score (nSPS) is 17.5. The summed E-state index contributed by atoms with van der Waals surface area (Å²) in [5.41, 5.74) is 6.22. The van der Waals surface area contributed by atoms with Crippen LogP contribution in [0.15, 0.2) is 6.07 Å². The van der Waals surface area contributed by atoms with E-state index in [0.717, 1.165) is 13.1 Å². The molecule has 0 bridgehead atoms.